The molecule has 0 bridgehead atoms. The van der Waals surface area contributed by atoms with Gasteiger partial charge in [0.15, 0.2) is 0 Å². The number of primary amides is 2. The molecule has 0 aliphatic heterocycles. The molecule has 0 rings (SSSR count). The molecule has 0 aromatic rings. The quantitative estimate of drug-likeness (QED) is 0.629. The molecule has 0 aliphatic carbocycles. The lowest BCUT2D eigenvalue weighted by atomic mass is 10.1. The number of nitrogens with two attached hydrogens (primary N) is 2. The fourth-order valence-corrected chi connectivity index (χ4v) is 0.846. The van der Waals surface area contributed by atoms with E-state index in [0.717, 1.165) is 0 Å². The first-order valence-corrected chi connectivity index (χ1v) is 4.27. The second-order valence-corrected chi connectivity index (χ2v) is 2.45. The molecule has 0 aromatic carbocycles. The first-order valence-electron chi connectivity index (χ1n) is 4.27. The van der Waals surface area contributed by atoms with Crippen molar-refractivity contribution in [1.29, 1.82) is 0 Å². The van der Waals surface area contributed by atoms with E-state index in [4.69, 9.17) is 4.79 Å². The lowest BCUT2D eigenvalue weighted by molar-refractivity contribution is 0.256. The minimum absolute atomic E-state index is 0.833. The smallest absolute Gasteiger partial charge is 0.309 e. The number of amides is 2. The van der Waals surface area contributed by atoms with Gasteiger partial charge in [0.1, 0.15) is 0 Å². The van der Waals surface area contributed by atoms with E-state index in [-0.39, 0.29) is 0 Å². The molecule has 0 radical (unpaired) electrons. The summed E-state index contributed by atoms with van der Waals surface area (Å²) in [5, 5.41) is 0. The van der Waals surface area contributed by atoms with Crippen LogP contribution in [-0.2, 0) is 0 Å². The average molecular weight is 172 g/mol. The van der Waals surface area contributed by atoms with Gasteiger partial charge in [0.05, 0.1) is 0 Å². The molecule has 12 heavy (non-hydrogen) atoms. The van der Waals surface area contributed by atoms with Gasteiger partial charge in [0, 0.05) is 0 Å². The number of urea groups is 1. The van der Waals surface area contributed by atoms with Crippen LogP contribution in [0.25, 0.3) is 0 Å². The van der Waals surface area contributed by atoms with E-state index in [1.54, 1.807) is 5.57 Å². The lowest BCUT2D eigenvalue weighted by Crippen LogP contribution is -2.18. The van der Waals surface area contributed by atoms with Gasteiger partial charge in [-0.2, -0.15) is 0 Å². The second-order valence-electron chi connectivity index (χ2n) is 2.45. The van der Waals surface area contributed by atoms with Crippen LogP contribution in [0.3, 0.4) is 0 Å². The van der Waals surface area contributed by atoms with Gasteiger partial charge in [-0.1, -0.05) is 31.9 Å². The monoisotopic (exact) mass is 172 g/mol. The molecule has 0 heterocycles. The molecule has 0 aliphatic rings. The summed E-state index contributed by atoms with van der Waals surface area (Å²) in [5.74, 6) is 0. The molecular weight excluding hydrogens is 152 g/mol. The zero-order valence-electron chi connectivity index (χ0n) is 8.26. The van der Waals surface area contributed by atoms with Gasteiger partial charge in [-0.05, 0) is 19.8 Å². The van der Waals surface area contributed by atoms with Gasteiger partial charge in [-0.25, -0.2) is 4.79 Å². The zero-order valence-corrected chi connectivity index (χ0v) is 8.26. The van der Waals surface area contributed by atoms with Crippen LogP contribution in [0.5, 0.6) is 0 Å². The largest absolute Gasteiger partial charge is 0.352 e. The van der Waals surface area contributed by atoms with Crippen molar-refractivity contribution < 1.29 is 4.79 Å². The van der Waals surface area contributed by atoms with Crippen LogP contribution < -0.4 is 11.5 Å². The molecule has 0 spiro atoms. The molecule has 2 amide bonds. The minimum atomic E-state index is -0.833. The topological polar surface area (TPSA) is 69.1 Å². The Kier molecular flexibility index (Phi) is 11.3. The van der Waals surface area contributed by atoms with Gasteiger partial charge in [-0.3, -0.25) is 0 Å². The highest BCUT2D eigenvalue weighted by atomic mass is 16.2. The van der Waals surface area contributed by atoms with Crippen LogP contribution >= 0.6 is 0 Å². The molecule has 0 atom stereocenters. The van der Waals surface area contributed by atoms with Gasteiger partial charge in [0.2, 0.25) is 0 Å². The lowest BCUT2D eigenvalue weighted by Gasteiger charge is -1.97. The fraction of sp³-hybridized carbons (Fsp3) is 0.667. The zero-order chi connectivity index (χ0) is 9.98. The van der Waals surface area contributed by atoms with Crippen molar-refractivity contribution in [3.05, 3.63) is 11.6 Å². The van der Waals surface area contributed by atoms with Crippen molar-refractivity contribution in [3.63, 3.8) is 0 Å². The highest BCUT2D eigenvalue weighted by Crippen LogP contribution is 2.07. The third kappa shape index (κ3) is 16.0. The van der Waals surface area contributed by atoms with Crippen molar-refractivity contribution in [1.82, 2.24) is 0 Å². The molecule has 0 unspecified atom stereocenters. The highest BCUT2D eigenvalue weighted by molar-refractivity contribution is 5.69. The van der Waals surface area contributed by atoms with E-state index in [9.17, 15) is 0 Å². The summed E-state index contributed by atoms with van der Waals surface area (Å²) in [7, 11) is 0. The normalized spacial score (nSPS) is 10.1. The van der Waals surface area contributed by atoms with E-state index >= 15 is 0 Å². The summed E-state index contributed by atoms with van der Waals surface area (Å²) >= 11 is 0. The van der Waals surface area contributed by atoms with Crippen LogP contribution in [0.1, 0.15) is 40.0 Å². The molecule has 4 N–H and O–H groups in total. The van der Waals surface area contributed by atoms with Gasteiger partial charge in [0.25, 0.3) is 0 Å². The second kappa shape index (κ2) is 10.0. The summed E-state index contributed by atoms with van der Waals surface area (Å²) in [5.41, 5.74) is 10.1. The van der Waals surface area contributed by atoms with Crippen LogP contribution in [0.15, 0.2) is 11.6 Å². The molecular formula is C9H20N2O. The van der Waals surface area contributed by atoms with Crippen molar-refractivity contribution in [2.45, 2.75) is 40.0 Å². The number of rotatable bonds is 3. The predicted molar refractivity (Wildman–Crippen MR) is 52.7 cm³/mol. The Bertz CT molecular complexity index is 137. The Morgan fingerprint density at radius 3 is 1.83 bits per heavy atom. The number of allylic oxidation sites excluding steroid dienone is 2. The maximum absolute atomic E-state index is 9.00. The van der Waals surface area contributed by atoms with E-state index in [1.165, 1.54) is 19.3 Å². The SMILES string of the molecule is CC=C(CC)CCC.NC(N)=O. The van der Waals surface area contributed by atoms with Crippen molar-refractivity contribution in [2.75, 3.05) is 0 Å². The third-order valence-electron chi connectivity index (χ3n) is 1.43. The molecule has 0 saturated heterocycles. The van der Waals surface area contributed by atoms with Crippen molar-refractivity contribution >= 4 is 6.03 Å². The van der Waals surface area contributed by atoms with Crippen LogP contribution in [0.4, 0.5) is 4.79 Å². The predicted octanol–water partition coefficient (Wildman–Crippen LogP) is 2.17. The van der Waals surface area contributed by atoms with Gasteiger partial charge in [-0.15, -0.1) is 0 Å². The van der Waals surface area contributed by atoms with E-state index in [0.29, 0.717) is 0 Å². The summed E-state index contributed by atoms with van der Waals surface area (Å²) in [4.78, 5) is 9.00. The van der Waals surface area contributed by atoms with Crippen LogP contribution in [0, 0.1) is 0 Å². The molecule has 0 aromatic heterocycles. The maximum atomic E-state index is 9.00. The number of hydrogen-bond acceptors (Lipinski definition) is 1. The Balaban J connectivity index is 0. The summed E-state index contributed by atoms with van der Waals surface area (Å²) in [6, 6.07) is -0.833. The number of hydrogen-bond donors (Lipinski definition) is 2. The Hall–Kier alpha value is -0.990. The molecule has 3 nitrogen and oxygen atoms in total. The van der Waals surface area contributed by atoms with E-state index < -0.39 is 6.03 Å². The standard InChI is InChI=1S/C8H16.CH4N2O/c1-4-7-8(5-2)6-3;2-1(3)4/h5H,4,6-7H2,1-3H3;(H4,2,3,4). The first kappa shape index (κ1) is 13.6. The van der Waals surface area contributed by atoms with E-state index in [1.807, 2.05) is 0 Å². The Labute approximate surface area is 74.8 Å². The number of carbonyl (C=O) groups excluding carboxylic acids is 1. The van der Waals surface area contributed by atoms with Crippen LogP contribution in [0.2, 0.25) is 0 Å². The summed E-state index contributed by atoms with van der Waals surface area (Å²) in [6.45, 7) is 6.55. The van der Waals surface area contributed by atoms with Crippen molar-refractivity contribution in [2.24, 2.45) is 11.5 Å². The summed E-state index contributed by atoms with van der Waals surface area (Å²) < 4.78 is 0. The molecule has 0 saturated carbocycles. The fourth-order valence-electron chi connectivity index (χ4n) is 0.846. The van der Waals surface area contributed by atoms with Gasteiger partial charge >= 0.3 is 6.03 Å². The third-order valence-corrected chi connectivity index (χ3v) is 1.43. The molecule has 3 heteroatoms. The Morgan fingerprint density at radius 2 is 1.75 bits per heavy atom. The highest BCUT2D eigenvalue weighted by Gasteiger charge is 1.86. The molecule has 0 fully saturated rings. The van der Waals surface area contributed by atoms with Crippen molar-refractivity contribution in [3.8, 4) is 0 Å². The van der Waals surface area contributed by atoms with E-state index in [2.05, 4.69) is 38.3 Å². The van der Waals surface area contributed by atoms with Gasteiger partial charge < -0.3 is 11.5 Å². The molecule has 72 valence electrons. The minimum Gasteiger partial charge on any atom is -0.352 e. The number of carbonyl (C=O) groups is 1. The maximum Gasteiger partial charge on any atom is 0.309 e. The van der Waals surface area contributed by atoms with Crippen LogP contribution in [-0.4, -0.2) is 6.03 Å². The summed E-state index contributed by atoms with van der Waals surface area (Å²) in [6.07, 6.45) is 6.02. The Morgan fingerprint density at radius 1 is 1.33 bits per heavy atom. The first-order chi connectivity index (χ1) is 5.58. The average Bonchev–Trinajstić information content (AvgIpc) is 1.99.